The average molecular weight is 414 g/mol. The highest BCUT2D eigenvalue weighted by atomic mass is 16.8. The molecule has 0 bridgehead atoms. The van der Waals surface area contributed by atoms with E-state index in [2.05, 4.69) is 0 Å². The summed E-state index contributed by atoms with van der Waals surface area (Å²) in [5.74, 6) is -0.283. The highest BCUT2D eigenvalue weighted by molar-refractivity contribution is 5.89. The van der Waals surface area contributed by atoms with Gasteiger partial charge in [-0.1, -0.05) is 30.3 Å². The van der Waals surface area contributed by atoms with Crippen molar-refractivity contribution in [3.63, 3.8) is 0 Å². The molecule has 3 atom stereocenters. The number of benzene rings is 2. The van der Waals surface area contributed by atoms with Crippen LogP contribution in [0.2, 0.25) is 0 Å². The lowest BCUT2D eigenvalue weighted by atomic mass is 10.1. The van der Waals surface area contributed by atoms with Gasteiger partial charge in [-0.25, -0.2) is 4.79 Å². The summed E-state index contributed by atoms with van der Waals surface area (Å²) in [5.41, 5.74) is 1.59. The largest absolute Gasteiger partial charge is 0.497 e. The Morgan fingerprint density at radius 1 is 1.03 bits per heavy atom. The summed E-state index contributed by atoms with van der Waals surface area (Å²) in [6, 6.07) is 16.7. The fourth-order valence-corrected chi connectivity index (χ4v) is 3.42. The van der Waals surface area contributed by atoms with Crippen LogP contribution in [0.25, 0.3) is 0 Å². The highest BCUT2D eigenvalue weighted by Gasteiger charge is 2.42. The molecule has 2 aromatic rings. The smallest absolute Gasteiger partial charge is 0.338 e. The molecule has 30 heavy (non-hydrogen) atoms. The molecule has 1 aliphatic heterocycles. The lowest BCUT2D eigenvalue weighted by Gasteiger charge is -2.21. The minimum atomic E-state index is -0.732. The minimum Gasteiger partial charge on any atom is -0.497 e. The fourth-order valence-electron chi connectivity index (χ4n) is 3.42. The van der Waals surface area contributed by atoms with Crippen molar-refractivity contribution in [2.45, 2.75) is 57.9 Å². The summed E-state index contributed by atoms with van der Waals surface area (Å²) in [5, 5.41) is 0. The topological polar surface area (TPSA) is 63.2 Å². The molecule has 0 spiro atoms. The third kappa shape index (κ3) is 6.29. The van der Waals surface area contributed by atoms with Crippen molar-refractivity contribution in [1.29, 1.82) is 0 Å². The lowest BCUT2D eigenvalue weighted by Crippen LogP contribution is -2.32. The molecule has 0 amide bonds. The van der Waals surface area contributed by atoms with Gasteiger partial charge < -0.3 is 23.7 Å². The standard InChI is InChI=1S/C24H30O6/c1-17(27-15-18-10-12-20(26-4)13-11-18)14-21-22(30-24(2,3)29-21)16-28-23(25)19-8-6-5-7-9-19/h5-13,17,21-22H,14-16H2,1-4H3/t17-,21+,22+/m1/s1. The van der Waals surface area contributed by atoms with Gasteiger partial charge in [0.2, 0.25) is 0 Å². The predicted molar refractivity (Wildman–Crippen MR) is 112 cm³/mol. The monoisotopic (exact) mass is 414 g/mol. The van der Waals surface area contributed by atoms with Gasteiger partial charge in [0, 0.05) is 6.42 Å². The third-order valence-electron chi connectivity index (χ3n) is 4.93. The molecule has 0 unspecified atom stereocenters. The number of carbonyl (C=O) groups excluding carboxylic acids is 1. The maximum absolute atomic E-state index is 12.2. The molecule has 0 radical (unpaired) electrons. The van der Waals surface area contributed by atoms with Gasteiger partial charge in [0.15, 0.2) is 5.79 Å². The van der Waals surface area contributed by atoms with Crippen LogP contribution in [0.3, 0.4) is 0 Å². The van der Waals surface area contributed by atoms with E-state index in [1.807, 2.05) is 51.1 Å². The van der Waals surface area contributed by atoms with Gasteiger partial charge in [-0.15, -0.1) is 0 Å². The Kier molecular flexibility index (Phi) is 7.48. The van der Waals surface area contributed by atoms with Crippen LogP contribution in [0.5, 0.6) is 5.75 Å². The molecule has 3 rings (SSSR count). The number of esters is 1. The van der Waals surface area contributed by atoms with Crippen LogP contribution in [0.1, 0.15) is 43.1 Å². The van der Waals surface area contributed by atoms with Gasteiger partial charge in [0.05, 0.1) is 31.5 Å². The zero-order valence-corrected chi connectivity index (χ0v) is 18.0. The Hall–Kier alpha value is -2.41. The predicted octanol–water partition coefficient (Wildman–Crippen LogP) is 4.37. The van der Waals surface area contributed by atoms with Gasteiger partial charge >= 0.3 is 5.97 Å². The van der Waals surface area contributed by atoms with Crippen LogP contribution in [-0.4, -0.2) is 43.8 Å². The first-order valence-electron chi connectivity index (χ1n) is 10.2. The number of hydrogen-bond acceptors (Lipinski definition) is 6. The van der Waals surface area contributed by atoms with Crippen molar-refractivity contribution in [3.05, 3.63) is 65.7 Å². The summed E-state index contributed by atoms with van der Waals surface area (Å²) in [6.07, 6.45) is 0.00344. The molecular weight excluding hydrogens is 384 g/mol. The summed E-state index contributed by atoms with van der Waals surface area (Å²) in [6.45, 7) is 6.36. The van der Waals surface area contributed by atoms with Crippen molar-refractivity contribution >= 4 is 5.97 Å². The summed E-state index contributed by atoms with van der Waals surface area (Å²) in [4.78, 5) is 12.2. The van der Waals surface area contributed by atoms with Crippen molar-refractivity contribution in [1.82, 2.24) is 0 Å². The zero-order valence-electron chi connectivity index (χ0n) is 18.0. The van der Waals surface area contributed by atoms with Crippen molar-refractivity contribution < 1.29 is 28.5 Å². The molecule has 1 heterocycles. The molecule has 0 saturated carbocycles. The quantitative estimate of drug-likeness (QED) is 0.568. The van der Waals surface area contributed by atoms with Gasteiger partial charge in [-0.2, -0.15) is 0 Å². The molecule has 1 saturated heterocycles. The van der Waals surface area contributed by atoms with E-state index in [-0.39, 0.29) is 30.9 Å². The minimum absolute atomic E-state index is 0.0538. The van der Waals surface area contributed by atoms with E-state index in [4.69, 9.17) is 23.7 Å². The van der Waals surface area contributed by atoms with Crippen molar-refractivity contribution in [3.8, 4) is 5.75 Å². The SMILES string of the molecule is COc1ccc(CO[C@H](C)C[C@@H]2OC(C)(C)O[C@H]2COC(=O)c2ccccc2)cc1. The molecule has 2 aromatic carbocycles. The fraction of sp³-hybridized carbons (Fsp3) is 0.458. The lowest BCUT2D eigenvalue weighted by molar-refractivity contribution is -0.151. The number of rotatable bonds is 9. The highest BCUT2D eigenvalue weighted by Crippen LogP contribution is 2.31. The van der Waals surface area contributed by atoms with Gasteiger partial charge in [0.25, 0.3) is 0 Å². The van der Waals surface area contributed by atoms with E-state index in [1.54, 1.807) is 31.4 Å². The Balaban J connectivity index is 1.51. The Bertz CT molecular complexity index is 802. The maximum atomic E-state index is 12.2. The van der Waals surface area contributed by atoms with Gasteiger partial charge in [0.1, 0.15) is 18.5 Å². The number of carbonyl (C=O) groups is 1. The van der Waals surface area contributed by atoms with Crippen LogP contribution >= 0.6 is 0 Å². The van der Waals surface area contributed by atoms with E-state index in [0.29, 0.717) is 18.6 Å². The number of hydrogen-bond donors (Lipinski definition) is 0. The van der Waals surface area contributed by atoms with Crippen molar-refractivity contribution in [2.75, 3.05) is 13.7 Å². The van der Waals surface area contributed by atoms with Crippen LogP contribution < -0.4 is 4.74 Å². The molecular formula is C24H30O6. The Morgan fingerprint density at radius 3 is 2.37 bits per heavy atom. The molecule has 0 N–H and O–H groups in total. The molecule has 0 aliphatic carbocycles. The zero-order chi connectivity index (χ0) is 21.6. The van der Waals surface area contributed by atoms with E-state index in [9.17, 15) is 4.79 Å². The molecule has 1 fully saturated rings. The van der Waals surface area contributed by atoms with E-state index >= 15 is 0 Å². The molecule has 0 aromatic heterocycles. The van der Waals surface area contributed by atoms with Crippen LogP contribution in [-0.2, 0) is 25.6 Å². The van der Waals surface area contributed by atoms with E-state index in [1.165, 1.54) is 0 Å². The first-order chi connectivity index (χ1) is 14.4. The van der Waals surface area contributed by atoms with E-state index in [0.717, 1.165) is 11.3 Å². The Labute approximate surface area is 178 Å². The van der Waals surface area contributed by atoms with Crippen LogP contribution in [0.15, 0.2) is 54.6 Å². The van der Waals surface area contributed by atoms with Crippen LogP contribution in [0, 0.1) is 0 Å². The van der Waals surface area contributed by atoms with E-state index < -0.39 is 5.79 Å². The van der Waals surface area contributed by atoms with Crippen LogP contribution in [0.4, 0.5) is 0 Å². The molecule has 162 valence electrons. The maximum Gasteiger partial charge on any atom is 0.338 e. The third-order valence-corrected chi connectivity index (χ3v) is 4.93. The second kappa shape index (κ2) is 10.1. The average Bonchev–Trinajstić information content (AvgIpc) is 3.04. The second-order valence-electron chi connectivity index (χ2n) is 7.88. The molecule has 1 aliphatic rings. The van der Waals surface area contributed by atoms with Gasteiger partial charge in [-0.05, 0) is 50.6 Å². The first-order valence-corrected chi connectivity index (χ1v) is 10.2. The Morgan fingerprint density at radius 2 is 1.70 bits per heavy atom. The first kappa shape index (κ1) is 22.3. The molecule has 6 heteroatoms. The number of methoxy groups -OCH3 is 1. The number of ether oxygens (including phenoxy) is 5. The van der Waals surface area contributed by atoms with Crippen molar-refractivity contribution in [2.24, 2.45) is 0 Å². The molecule has 6 nitrogen and oxygen atoms in total. The normalized spacial score (nSPS) is 21.2. The second-order valence-corrected chi connectivity index (χ2v) is 7.88. The summed E-state index contributed by atoms with van der Waals surface area (Å²) < 4.78 is 28.6. The van der Waals surface area contributed by atoms with Gasteiger partial charge in [-0.3, -0.25) is 0 Å². The summed E-state index contributed by atoms with van der Waals surface area (Å²) in [7, 11) is 1.65. The summed E-state index contributed by atoms with van der Waals surface area (Å²) >= 11 is 0.